The molecule has 4 aliphatic carbocycles. The summed E-state index contributed by atoms with van der Waals surface area (Å²) in [5.41, 5.74) is -5.83. The molecule has 45 unspecified atom stereocenters. The standard InChI is InChI=1S/C87H138O44/c1-13-85(11,112)20-14-15-36(3)72(110)126-67-57(100)44(27-88)121-80(70(67)130-75-63(106)56(99)47(32-117-75)122-76-65(108)66(43(94)30-116-76)127-73-61(104)52(95)41(92)28-114-73)131-81(111)87-24-23-82(6,7)25-39(87)35(2)16-17-50-84(10,26-40(91)71(87)109)21-18-49-83(8,9)51(19-22-86(49,50)12)125-79-69(128-74-62(105)53(96)42(93)29-115-74)60(103)55(98)46(124-79)33-118-78-68(58(101)48(34-119-78)120-38(5)90)129-77-64(107)59(102)54(97)45(123-77)31-113-37(4)89/h13,15-16,39-71,73-80,88,91-109,112H,1,14,17-34H2,2-12H3. The number of allylic oxidation sites excluding steroid dienone is 3. The number of rotatable bonds is 27. The number of carbonyl (C=O) groups is 4. The Balaban J connectivity index is 0.801. The lowest BCUT2D eigenvalue weighted by molar-refractivity contribution is -0.379. The summed E-state index contributed by atoms with van der Waals surface area (Å²) in [6.07, 6.45) is -61.2. The van der Waals surface area contributed by atoms with Gasteiger partial charge in [0.25, 0.3) is 0 Å². The van der Waals surface area contributed by atoms with E-state index >= 15 is 4.79 Å². The Hall–Kier alpha value is -4.34. The third-order valence-corrected chi connectivity index (χ3v) is 29.5. The van der Waals surface area contributed by atoms with E-state index in [4.69, 9.17) is 90.0 Å². The number of ether oxygens (including phenoxy) is 19. The van der Waals surface area contributed by atoms with Crippen LogP contribution in [0, 0.1) is 44.8 Å². The van der Waals surface area contributed by atoms with Gasteiger partial charge in [-0.3, -0.25) is 14.4 Å². The monoisotopic (exact) mass is 1890 g/mol. The van der Waals surface area contributed by atoms with Crippen LogP contribution in [0.4, 0.5) is 0 Å². The van der Waals surface area contributed by atoms with Crippen molar-refractivity contribution in [3.05, 3.63) is 36.0 Å². The lowest BCUT2D eigenvalue weighted by Gasteiger charge is -2.65. The van der Waals surface area contributed by atoms with E-state index in [0.717, 1.165) is 13.8 Å². The van der Waals surface area contributed by atoms with Gasteiger partial charge >= 0.3 is 23.9 Å². The molecule has 44 nitrogen and oxygen atoms in total. The van der Waals surface area contributed by atoms with E-state index in [1.165, 1.54) is 26.0 Å². The molecule has 0 aromatic carbocycles. The van der Waals surface area contributed by atoms with E-state index in [2.05, 4.69) is 13.5 Å². The van der Waals surface area contributed by atoms with Crippen LogP contribution >= 0.6 is 0 Å². The van der Waals surface area contributed by atoms with Gasteiger partial charge in [-0.1, -0.05) is 65.3 Å². The number of esters is 4. The van der Waals surface area contributed by atoms with Crippen LogP contribution in [0.3, 0.4) is 0 Å². The van der Waals surface area contributed by atoms with Crippen molar-refractivity contribution in [2.24, 2.45) is 44.8 Å². The largest absolute Gasteiger partial charge is 0.463 e. The summed E-state index contributed by atoms with van der Waals surface area (Å²) in [6.45, 7) is 17.4. The molecule has 0 radical (unpaired) electrons. The van der Waals surface area contributed by atoms with Crippen molar-refractivity contribution in [2.45, 2.75) is 386 Å². The van der Waals surface area contributed by atoms with Crippen LogP contribution in [-0.4, -0.2) is 423 Å². The van der Waals surface area contributed by atoms with Crippen LogP contribution in [0.15, 0.2) is 36.0 Å². The number of hydrogen-bond donors (Lipinski definition) is 21. The van der Waals surface area contributed by atoms with E-state index in [1.807, 2.05) is 47.6 Å². The maximum Gasteiger partial charge on any atom is 0.333 e. The maximum atomic E-state index is 16.4. The SMILES string of the molecule is C=CC(C)(O)CCC=C(C)C(=O)OC1C(O)C(CO)OC(OC(=O)C23CCC(C)(C)CC2C(C)=CCC2C(C)(CCC4C(C)(C)C(OC5OC(COC6OCC(OC(C)=O)C(O)C6OC6OC(COC(C)=O)C(O)C(O)C6O)C(O)C(O)C5OC5OCC(O)C(O)C5O)CCC24C)CC(O)C3O)C1OC1OCC(OC2OCC(O)C(OC3OCC(O)C(O)C3O)C2O)C(O)C1O. The molecule has 8 aliphatic heterocycles. The quantitative estimate of drug-likeness (QED) is 0.0120. The zero-order chi connectivity index (χ0) is 96.1. The van der Waals surface area contributed by atoms with Gasteiger partial charge < -0.3 is 197 Å². The summed E-state index contributed by atoms with van der Waals surface area (Å²) in [7, 11) is 0. The third kappa shape index (κ3) is 22.4. The first-order chi connectivity index (χ1) is 61.4. The van der Waals surface area contributed by atoms with Gasteiger partial charge in [0.1, 0.15) is 159 Å². The summed E-state index contributed by atoms with van der Waals surface area (Å²) >= 11 is 0. The molecule has 12 rings (SSSR count). The van der Waals surface area contributed by atoms with E-state index in [1.54, 1.807) is 0 Å². The van der Waals surface area contributed by atoms with Crippen LogP contribution < -0.4 is 0 Å². The molecule has 131 heavy (non-hydrogen) atoms. The number of fused-ring (bicyclic) bond motifs is 4. The average Bonchev–Trinajstić information content (AvgIpc) is 0.705. The molecule has 750 valence electrons. The molecular weight excluding hydrogens is 1750 g/mol. The minimum absolute atomic E-state index is 0.0614. The maximum absolute atomic E-state index is 16.4. The van der Waals surface area contributed by atoms with Crippen molar-refractivity contribution in [1.29, 1.82) is 0 Å². The highest BCUT2D eigenvalue weighted by Crippen LogP contribution is 2.68. The fraction of sp³-hybridized carbons (Fsp3) is 0.885. The van der Waals surface area contributed by atoms with E-state index in [0.29, 0.717) is 31.3 Å². The minimum Gasteiger partial charge on any atom is -0.463 e. The Kier molecular flexibility index (Phi) is 34.5. The smallest absolute Gasteiger partial charge is 0.333 e. The molecule has 12 aliphatic rings. The van der Waals surface area contributed by atoms with Crippen LogP contribution in [0.2, 0.25) is 0 Å². The van der Waals surface area contributed by atoms with Crippen molar-refractivity contribution in [3.63, 3.8) is 0 Å². The zero-order valence-corrected chi connectivity index (χ0v) is 75.3. The Morgan fingerprint density at radius 1 is 0.481 bits per heavy atom. The van der Waals surface area contributed by atoms with Crippen molar-refractivity contribution < 1.29 is 216 Å². The summed E-state index contributed by atoms with van der Waals surface area (Å²) in [6, 6.07) is 0. The molecule has 0 amide bonds. The first kappa shape index (κ1) is 106. The number of hydrogen-bond acceptors (Lipinski definition) is 44. The van der Waals surface area contributed by atoms with E-state index < -0.39 is 349 Å². The highest BCUT2D eigenvalue weighted by atomic mass is 16.8. The average molecular weight is 1890 g/mol. The molecule has 44 heteroatoms. The topological polar surface area (TPSA) is 668 Å². The summed E-state index contributed by atoms with van der Waals surface area (Å²) < 4.78 is 113. The molecule has 0 bridgehead atoms. The number of aliphatic hydroxyl groups is 21. The van der Waals surface area contributed by atoms with Gasteiger partial charge in [-0.25, -0.2) is 4.79 Å². The molecule has 0 aromatic rings. The van der Waals surface area contributed by atoms with Gasteiger partial charge in [0, 0.05) is 19.4 Å². The summed E-state index contributed by atoms with van der Waals surface area (Å²) in [5.74, 6) is -5.42. The Bertz CT molecular complexity index is 3870. The van der Waals surface area contributed by atoms with Crippen LogP contribution in [0.1, 0.15) is 147 Å². The van der Waals surface area contributed by atoms with Gasteiger partial charge in [0.2, 0.25) is 6.29 Å². The van der Waals surface area contributed by atoms with Crippen molar-refractivity contribution >= 4 is 23.9 Å². The molecule has 21 N–H and O–H groups in total. The molecule has 45 atom stereocenters. The zero-order valence-electron chi connectivity index (χ0n) is 75.3. The third-order valence-electron chi connectivity index (χ3n) is 29.5. The number of aliphatic hydroxyl groups excluding tert-OH is 20. The molecule has 3 saturated carbocycles. The number of carbonyl (C=O) groups excluding carboxylic acids is 4. The second kappa shape index (κ2) is 42.8. The van der Waals surface area contributed by atoms with Crippen LogP contribution in [0.5, 0.6) is 0 Å². The summed E-state index contributed by atoms with van der Waals surface area (Å²) in [5, 5.41) is 239. The lowest BCUT2D eigenvalue weighted by Crippen LogP contribution is -2.66. The Labute approximate surface area is 756 Å². The molecule has 8 saturated heterocycles. The Morgan fingerprint density at radius 3 is 1.65 bits per heavy atom. The fourth-order valence-electron chi connectivity index (χ4n) is 21.5. The van der Waals surface area contributed by atoms with Gasteiger partial charge in [0.15, 0.2) is 62.3 Å². The van der Waals surface area contributed by atoms with Crippen LogP contribution in [0.25, 0.3) is 0 Å². The predicted molar refractivity (Wildman–Crippen MR) is 435 cm³/mol. The second-order valence-corrected chi connectivity index (χ2v) is 39.7. The Morgan fingerprint density at radius 2 is 1.02 bits per heavy atom. The normalized spacial score (nSPS) is 48.0. The van der Waals surface area contributed by atoms with Gasteiger partial charge in [-0.15, -0.1) is 6.58 Å². The second-order valence-electron chi connectivity index (χ2n) is 39.7. The first-order valence-electron chi connectivity index (χ1n) is 45.0. The fourth-order valence-corrected chi connectivity index (χ4v) is 21.5. The molecule has 0 spiro atoms. The molecule has 0 aromatic heterocycles. The summed E-state index contributed by atoms with van der Waals surface area (Å²) in [4.78, 5) is 54.7. The van der Waals surface area contributed by atoms with Gasteiger partial charge in [0.05, 0.1) is 70.2 Å². The van der Waals surface area contributed by atoms with Crippen LogP contribution in [-0.2, 0) is 109 Å². The van der Waals surface area contributed by atoms with E-state index in [-0.39, 0.29) is 62.4 Å². The van der Waals surface area contributed by atoms with E-state index in [9.17, 15) is 122 Å². The lowest BCUT2D eigenvalue weighted by atomic mass is 9.41. The first-order valence-corrected chi connectivity index (χ1v) is 45.0. The highest BCUT2D eigenvalue weighted by molar-refractivity contribution is 5.88. The van der Waals surface area contributed by atoms with Crippen molar-refractivity contribution in [1.82, 2.24) is 0 Å². The molecule has 11 fully saturated rings. The predicted octanol–water partition coefficient (Wildman–Crippen LogP) is -5.86. The minimum atomic E-state index is -2.19. The van der Waals surface area contributed by atoms with Gasteiger partial charge in [-0.2, -0.15) is 0 Å². The van der Waals surface area contributed by atoms with Gasteiger partial charge in [-0.05, 0) is 131 Å². The molecule has 8 heterocycles. The van der Waals surface area contributed by atoms with Crippen molar-refractivity contribution in [2.75, 3.05) is 52.9 Å². The molecular formula is C87H138O44. The van der Waals surface area contributed by atoms with Crippen molar-refractivity contribution in [3.8, 4) is 0 Å². The highest BCUT2D eigenvalue weighted by Gasteiger charge is 2.67.